The molecule has 0 atom stereocenters. The number of thioether (sulfide) groups is 1. The van der Waals surface area contributed by atoms with Crippen LogP contribution in [0.15, 0.2) is 35.6 Å². The maximum atomic E-state index is 12.3. The number of aromatic nitrogens is 5. The number of nitrogens with one attached hydrogen (secondary N) is 1. The molecular weight excluding hydrogens is 360 g/mol. The van der Waals surface area contributed by atoms with Gasteiger partial charge in [0.2, 0.25) is 5.91 Å². The molecule has 1 N–H and O–H groups in total. The van der Waals surface area contributed by atoms with E-state index in [4.69, 9.17) is 0 Å². The van der Waals surface area contributed by atoms with E-state index in [0.29, 0.717) is 28.0 Å². The minimum absolute atomic E-state index is 0.0459. The summed E-state index contributed by atoms with van der Waals surface area (Å²) in [6.45, 7) is 2.04. The molecule has 0 aliphatic heterocycles. The fourth-order valence-corrected chi connectivity index (χ4v) is 4.09. The first-order valence-corrected chi connectivity index (χ1v) is 10.2. The Bertz CT molecular complexity index is 933. The monoisotopic (exact) mass is 382 g/mol. The highest BCUT2D eigenvalue weighted by atomic mass is 32.2. The second-order valence-corrected chi connectivity index (χ2v) is 7.84. The minimum atomic E-state index is 0.0459. The Labute approximate surface area is 162 Å². The van der Waals surface area contributed by atoms with Crippen LogP contribution in [0.25, 0.3) is 16.9 Å². The molecule has 3 aromatic rings. The summed E-state index contributed by atoms with van der Waals surface area (Å²) >= 11 is 1.38. The first kappa shape index (κ1) is 17.9. The number of carbonyl (C=O) groups excluding carboxylic acids is 1. The Kier molecular flexibility index (Phi) is 5.33. The molecule has 8 heteroatoms. The van der Waals surface area contributed by atoms with Crippen LogP contribution in [0.1, 0.15) is 37.7 Å². The van der Waals surface area contributed by atoms with E-state index in [1.54, 1.807) is 4.68 Å². The van der Waals surface area contributed by atoms with Gasteiger partial charge >= 0.3 is 0 Å². The first-order valence-electron chi connectivity index (χ1n) is 9.26. The fraction of sp³-hybridized carbons (Fsp3) is 0.421. The van der Waals surface area contributed by atoms with E-state index in [9.17, 15) is 4.79 Å². The van der Waals surface area contributed by atoms with Crippen molar-refractivity contribution in [2.24, 2.45) is 0 Å². The number of nitrogens with zero attached hydrogens (tertiary/aromatic N) is 5. The molecule has 1 fully saturated rings. The molecule has 1 amide bonds. The van der Waals surface area contributed by atoms with E-state index in [-0.39, 0.29) is 5.91 Å². The van der Waals surface area contributed by atoms with E-state index in [2.05, 4.69) is 25.6 Å². The molecule has 1 saturated carbocycles. The van der Waals surface area contributed by atoms with Crippen molar-refractivity contribution in [3.63, 3.8) is 0 Å². The summed E-state index contributed by atoms with van der Waals surface area (Å²) in [7, 11) is 0. The summed E-state index contributed by atoms with van der Waals surface area (Å²) < 4.78 is 1.70. The molecule has 2 aromatic heterocycles. The van der Waals surface area contributed by atoms with Crippen molar-refractivity contribution < 1.29 is 4.79 Å². The van der Waals surface area contributed by atoms with Crippen LogP contribution < -0.4 is 5.32 Å². The lowest BCUT2D eigenvalue weighted by Gasteiger charge is -2.22. The Balaban J connectivity index is 1.48. The zero-order valence-corrected chi connectivity index (χ0v) is 16.1. The SMILES string of the molecule is Cc1ccc(-n2nnc3c(SCC(=O)NC4CCCCC4)ncnc32)cc1. The van der Waals surface area contributed by atoms with Gasteiger partial charge in [0, 0.05) is 6.04 Å². The predicted molar refractivity (Wildman–Crippen MR) is 105 cm³/mol. The van der Waals surface area contributed by atoms with Gasteiger partial charge in [-0.3, -0.25) is 4.79 Å². The number of hydrogen-bond acceptors (Lipinski definition) is 6. The number of hydrogen-bond donors (Lipinski definition) is 1. The van der Waals surface area contributed by atoms with Crippen LogP contribution in [-0.4, -0.2) is 42.7 Å². The Morgan fingerprint density at radius 1 is 1.19 bits per heavy atom. The number of aryl methyl sites for hydroxylation is 1. The third-order valence-corrected chi connectivity index (χ3v) is 5.77. The van der Waals surface area contributed by atoms with Gasteiger partial charge < -0.3 is 5.32 Å². The van der Waals surface area contributed by atoms with Crippen molar-refractivity contribution in [3.8, 4) is 5.69 Å². The zero-order chi connectivity index (χ0) is 18.6. The normalized spacial score (nSPS) is 15.1. The number of fused-ring (bicyclic) bond motifs is 1. The highest BCUT2D eigenvalue weighted by Crippen LogP contribution is 2.24. The maximum absolute atomic E-state index is 12.3. The van der Waals surface area contributed by atoms with Crippen molar-refractivity contribution >= 4 is 28.8 Å². The second-order valence-electron chi connectivity index (χ2n) is 6.88. The van der Waals surface area contributed by atoms with Crippen molar-refractivity contribution in [2.75, 3.05) is 5.75 Å². The average molecular weight is 382 g/mol. The van der Waals surface area contributed by atoms with Crippen molar-refractivity contribution in [3.05, 3.63) is 36.2 Å². The molecule has 1 aliphatic rings. The number of carbonyl (C=O) groups is 1. The summed E-state index contributed by atoms with van der Waals surface area (Å²) in [5.41, 5.74) is 3.34. The van der Waals surface area contributed by atoms with Crippen molar-refractivity contribution in [1.82, 2.24) is 30.3 Å². The van der Waals surface area contributed by atoms with E-state index in [1.807, 2.05) is 31.2 Å². The fourth-order valence-electron chi connectivity index (χ4n) is 3.34. The number of rotatable bonds is 5. The van der Waals surface area contributed by atoms with Gasteiger partial charge in [-0.05, 0) is 31.9 Å². The molecule has 7 nitrogen and oxygen atoms in total. The smallest absolute Gasteiger partial charge is 0.230 e. The Hall–Kier alpha value is -2.48. The van der Waals surface area contributed by atoms with Gasteiger partial charge in [-0.1, -0.05) is 53.9 Å². The van der Waals surface area contributed by atoms with Gasteiger partial charge in [0.1, 0.15) is 11.4 Å². The molecule has 1 aliphatic carbocycles. The molecule has 2 heterocycles. The van der Waals surface area contributed by atoms with Gasteiger partial charge in [0.05, 0.1) is 11.4 Å². The van der Waals surface area contributed by atoms with Crippen LogP contribution in [0.5, 0.6) is 0 Å². The number of benzene rings is 1. The van der Waals surface area contributed by atoms with Crippen LogP contribution in [0, 0.1) is 6.92 Å². The molecule has 0 bridgehead atoms. The second kappa shape index (κ2) is 8.04. The lowest BCUT2D eigenvalue weighted by atomic mass is 9.95. The Morgan fingerprint density at radius 2 is 1.96 bits per heavy atom. The third-order valence-electron chi connectivity index (χ3n) is 4.79. The van der Waals surface area contributed by atoms with Crippen molar-refractivity contribution in [1.29, 1.82) is 0 Å². The lowest BCUT2D eigenvalue weighted by molar-refractivity contribution is -0.119. The standard InChI is InChI=1S/C19H22N6OS/c1-13-7-9-15(10-8-13)25-18-17(23-24-25)19(21-12-20-18)27-11-16(26)22-14-5-3-2-4-6-14/h7-10,12,14H,2-6,11H2,1H3,(H,22,26). The Morgan fingerprint density at radius 3 is 2.74 bits per heavy atom. The maximum Gasteiger partial charge on any atom is 0.230 e. The molecule has 0 radical (unpaired) electrons. The highest BCUT2D eigenvalue weighted by Gasteiger charge is 2.18. The van der Waals surface area contributed by atoms with E-state index >= 15 is 0 Å². The van der Waals surface area contributed by atoms with E-state index < -0.39 is 0 Å². The summed E-state index contributed by atoms with van der Waals surface area (Å²) in [5, 5.41) is 12.3. The topological polar surface area (TPSA) is 85.6 Å². The largest absolute Gasteiger partial charge is 0.353 e. The van der Waals surface area contributed by atoms with Crippen LogP contribution in [0.3, 0.4) is 0 Å². The van der Waals surface area contributed by atoms with E-state index in [0.717, 1.165) is 18.5 Å². The minimum Gasteiger partial charge on any atom is -0.353 e. The van der Waals surface area contributed by atoms with Crippen LogP contribution >= 0.6 is 11.8 Å². The molecule has 1 aromatic carbocycles. The molecule has 0 saturated heterocycles. The average Bonchev–Trinajstić information content (AvgIpc) is 3.12. The summed E-state index contributed by atoms with van der Waals surface area (Å²) in [5.74, 6) is 0.365. The van der Waals surface area contributed by atoms with E-state index in [1.165, 1.54) is 42.9 Å². The van der Waals surface area contributed by atoms with Crippen LogP contribution in [0.2, 0.25) is 0 Å². The van der Waals surface area contributed by atoms with Crippen LogP contribution in [0.4, 0.5) is 0 Å². The molecule has 0 spiro atoms. The van der Waals surface area contributed by atoms with Gasteiger partial charge in [-0.2, -0.15) is 4.68 Å². The summed E-state index contributed by atoms with van der Waals surface area (Å²) in [4.78, 5) is 20.9. The van der Waals surface area contributed by atoms with Crippen molar-refractivity contribution in [2.45, 2.75) is 50.1 Å². The van der Waals surface area contributed by atoms with Gasteiger partial charge in [-0.15, -0.1) is 5.10 Å². The van der Waals surface area contributed by atoms with Gasteiger partial charge in [0.15, 0.2) is 11.2 Å². The molecule has 0 unspecified atom stereocenters. The number of amides is 1. The molecular formula is C19H22N6OS. The lowest BCUT2D eigenvalue weighted by Crippen LogP contribution is -2.37. The third kappa shape index (κ3) is 4.10. The summed E-state index contributed by atoms with van der Waals surface area (Å²) in [6.07, 6.45) is 7.34. The van der Waals surface area contributed by atoms with Gasteiger partial charge in [-0.25, -0.2) is 9.97 Å². The van der Waals surface area contributed by atoms with Gasteiger partial charge in [0.25, 0.3) is 0 Å². The quantitative estimate of drug-likeness (QED) is 0.539. The highest BCUT2D eigenvalue weighted by molar-refractivity contribution is 8.00. The first-order chi connectivity index (χ1) is 13.2. The summed E-state index contributed by atoms with van der Waals surface area (Å²) in [6, 6.07) is 8.33. The molecule has 27 heavy (non-hydrogen) atoms. The van der Waals surface area contributed by atoms with Crippen LogP contribution in [-0.2, 0) is 4.79 Å². The zero-order valence-electron chi connectivity index (χ0n) is 15.3. The molecule has 4 rings (SSSR count). The molecule has 140 valence electrons. The predicted octanol–water partition coefficient (Wildman–Crippen LogP) is 3.06.